The van der Waals surface area contributed by atoms with Crippen molar-refractivity contribution in [2.24, 2.45) is 0 Å². The molecule has 1 rings (SSSR count). The monoisotopic (exact) mass is 192 g/mol. The Bertz CT molecular complexity index is 160. The number of hydrogen-bond acceptors (Lipinski definition) is 0. The van der Waals surface area contributed by atoms with Crippen molar-refractivity contribution in [1.82, 2.24) is 0 Å². The smallest absolute Gasteiger partial charge is 0.0281 e. The minimum atomic E-state index is 0. The molecule has 1 aromatic carbocycles. The van der Waals surface area contributed by atoms with Gasteiger partial charge in [-0.2, -0.15) is 0 Å². The summed E-state index contributed by atoms with van der Waals surface area (Å²) in [7, 11) is 0. The Balaban J connectivity index is 0. The Morgan fingerprint density at radius 3 is 2.00 bits per heavy atom. The molecule has 0 bridgehead atoms. The van der Waals surface area contributed by atoms with Crippen LogP contribution >= 0.6 is 24.8 Å². The summed E-state index contributed by atoms with van der Waals surface area (Å²) in [5.41, 5.74) is 1.44. The SMILES string of the molecule is CCCc1ccccc1.Cl.Cl. The van der Waals surface area contributed by atoms with Crippen molar-refractivity contribution in [3.8, 4) is 0 Å². The maximum Gasteiger partial charge on any atom is -0.0281 e. The van der Waals surface area contributed by atoms with E-state index < -0.39 is 0 Å². The molecule has 64 valence electrons. The first-order chi connectivity index (χ1) is 4.43. The van der Waals surface area contributed by atoms with Gasteiger partial charge < -0.3 is 0 Å². The highest BCUT2D eigenvalue weighted by Crippen LogP contribution is 2.00. The fraction of sp³-hybridized carbons (Fsp3) is 0.333. The number of aryl methyl sites for hydroxylation is 1. The maximum atomic E-state index is 2.20. The third-order valence-corrected chi connectivity index (χ3v) is 1.38. The maximum absolute atomic E-state index is 2.20. The van der Waals surface area contributed by atoms with E-state index >= 15 is 0 Å². The molecule has 0 spiro atoms. The molecule has 0 saturated heterocycles. The van der Waals surface area contributed by atoms with Gasteiger partial charge >= 0.3 is 0 Å². The van der Waals surface area contributed by atoms with Crippen LogP contribution in [0, 0.1) is 0 Å². The van der Waals surface area contributed by atoms with Crippen LogP contribution in [0.2, 0.25) is 0 Å². The molecule has 0 N–H and O–H groups in total. The predicted molar refractivity (Wildman–Crippen MR) is 54.9 cm³/mol. The van der Waals surface area contributed by atoms with Crippen molar-refractivity contribution >= 4 is 24.8 Å². The topological polar surface area (TPSA) is 0 Å². The second kappa shape index (κ2) is 7.90. The van der Waals surface area contributed by atoms with Gasteiger partial charge in [0.2, 0.25) is 0 Å². The Morgan fingerprint density at radius 1 is 1.00 bits per heavy atom. The van der Waals surface area contributed by atoms with E-state index in [9.17, 15) is 0 Å². The minimum absolute atomic E-state index is 0. The van der Waals surface area contributed by atoms with Gasteiger partial charge in [-0.25, -0.2) is 0 Å². The second-order valence-electron chi connectivity index (χ2n) is 2.24. The van der Waals surface area contributed by atoms with Gasteiger partial charge in [-0.05, 0) is 12.0 Å². The molecule has 0 nitrogen and oxygen atoms in total. The molecule has 0 heterocycles. The minimum Gasteiger partial charge on any atom is -0.147 e. The number of benzene rings is 1. The largest absolute Gasteiger partial charge is 0.147 e. The van der Waals surface area contributed by atoms with Gasteiger partial charge in [0.25, 0.3) is 0 Å². The third kappa shape index (κ3) is 5.11. The van der Waals surface area contributed by atoms with E-state index in [-0.39, 0.29) is 24.8 Å². The van der Waals surface area contributed by atoms with Gasteiger partial charge in [-0.1, -0.05) is 43.7 Å². The number of rotatable bonds is 2. The molecule has 0 aliphatic rings. The van der Waals surface area contributed by atoms with E-state index in [1.54, 1.807) is 0 Å². The molecule has 0 aromatic heterocycles. The molecular weight excluding hydrogens is 179 g/mol. The van der Waals surface area contributed by atoms with Crippen molar-refractivity contribution in [2.45, 2.75) is 19.8 Å². The second-order valence-corrected chi connectivity index (χ2v) is 2.24. The van der Waals surface area contributed by atoms with Gasteiger partial charge in [0, 0.05) is 0 Å². The lowest BCUT2D eigenvalue weighted by Gasteiger charge is -1.93. The molecule has 2 heteroatoms. The molecule has 11 heavy (non-hydrogen) atoms. The van der Waals surface area contributed by atoms with Crippen LogP contribution in [0.3, 0.4) is 0 Å². The molecule has 0 aliphatic heterocycles. The van der Waals surface area contributed by atoms with Crippen LogP contribution in [0.25, 0.3) is 0 Å². The lowest BCUT2D eigenvalue weighted by Crippen LogP contribution is -1.78. The summed E-state index contributed by atoms with van der Waals surface area (Å²) in [5, 5.41) is 0. The van der Waals surface area contributed by atoms with E-state index in [0.29, 0.717) is 0 Å². The van der Waals surface area contributed by atoms with Gasteiger partial charge in [-0.15, -0.1) is 24.8 Å². The van der Waals surface area contributed by atoms with E-state index in [1.165, 1.54) is 18.4 Å². The fourth-order valence-electron chi connectivity index (χ4n) is 0.933. The first-order valence-corrected chi connectivity index (χ1v) is 3.47. The summed E-state index contributed by atoms with van der Waals surface area (Å²) in [6.45, 7) is 2.20. The van der Waals surface area contributed by atoms with Crippen LogP contribution in [-0.2, 0) is 6.42 Å². The van der Waals surface area contributed by atoms with Gasteiger partial charge in [0.1, 0.15) is 0 Å². The van der Waals surface area contributed by atoms with Gasteiger partial charge in [0.15, 0.2) is 0 Å². The van der Waals surface area contributed by atoms with Crippen LogP contribution in [0.1, 0.15) is 18.9 Å². The normalized spacial score (nSPS) is 7.73. The Hall–Kier alpha value is -0.200. The number of hydrogen-bond donors (Lipinski definition) is 0. The lowest BCUT2D eigenvalue weighted by atomic mass is 10.1. The molecule has 0 radical (unpaired) electrons. The summed E-state index contributed by atoms with van der Waals surface area (Å²) in [6, 6.07) is 10.6. The Morgan fingerprint density at radius 2 is 1.55 bits per heavy atom. The first kappa shape index (κ1) is 13.4. The zero-order valence-corrected chi connectivity index (χ0v) is 8.25. The highest BCUT2D eigenvalue weighted by atomic mass is 35.5. The lowest BCUT2D eigenvalue weighted by molar-refractivity contribution is 0.922. The third-order valence-electron chi connectivity index (χ3n) is 1.38. The molecule has 0 aliphatic carbocycles. The predicted octanol–water partition coefficient (Wildman–Crippen LogP) is 3.48. The van der Waals surface area contributed by atoms with Crippen LogP contribution < -0.4 is 0 Å². The molecule has 0 atom stereocenters. The van der Waals surface area contributed by atoms with Crippen molar-refractivity contribution in [3.63, 3.8) is 0 Å². The van der Waals surface area contributed by atoms with Crippen LogP contribution in [0.5, 0.6) is 0 Å². The molecule has 0 saturated carbocycles. The molecule has 0 fully saturated rings. The van der Waals surface area contributed by atoms with Gasteiger partial charge in [0.05, 0.1) is 0 Å². The molecular formula is C9H14Cl2. The summed E-state index contributed by atoms with van der Waals surface area (Å²) < 4.78 is 0. The summed E-state index contributed by atoms with van der Waals surface area (Å²) in [4.78, 5) is 0. The zero-order valence-electron chi connectivity index (χ0n) is 6.62. The van der Waals surface area contributed by atoms with Crippen molar-refractivity contribution in [1.29, 1.82) is 0 Å². The first-order valence-electron chi connectivity index (χ1n) is 3.47. The molecule has 0 amide bonds. The van der Waals surface area contributed by atoms with Crippen LogP contribution in [-0.4, -0.2) is 0 Å². The van der Waals surface area contributed by atoms with Crippen molar-refractivity contribution < 1.29 is 0 Å². The molecule has 0 unspecified atom stereocenters. The fourth-order valence-corrected chi connectivity index (χ4v) is 0.933. The van der Waals surface area contributed by atoms with E-state index in [1.807, 2.05) is 0 Å². The highest BCUT2D eigenvalue weighted by molar-refractivity contribution is 5.85. The summed E-state index contributed by atoms with van der Waals surface area (Å²) in [6.07, 6.45) is 2.45. The van der Waals surface area contributed by atoms with Crippen molar-refractivity contribution in [2.75, 3.05) is 0 Å². The summed E-state index contributed by atoms with van der Waals surface area (Å²) in [5.74, 6) is 0. The average Bonchev–Trinajstić information content (AvgIpc) is 1.91. The van der Waals surface area contributed by atoms with Crippen molar-refractivity contribution in [3.05, 3.63) is 35.9 Å². The molecule has 1 aromatic rings. The zero-order chi connectivity index (χ0) is 6.53. The quantitative estimate of drug-likeness (QED) is 0.674. The van der Waals surface area contributed by atoms with E-state index in [0.717, 1.165) is 0 Å². The number of halogens is 2. The van der Waals surface area contributed by atoms with Gasteiger partial charge in [-0.3, -0.25) is 0 Å². The van der Waals surface area contributed by atoms with E-state index in [2.05, 4.69) is 37.3 Å². The summed E-state index contributed by atoms with van der Waals surface area (Å²) >= 11 is 0. The Kier molecular flexibility index (Phi) is 9.62. The van der Waals surface area contributed by atoms with Crippen LogP contribution in [0.4, 0.5) is 0 Å². The van der Waals surface area contributed by atoms with Crippen LogP contribution in [0.15, 0.2) is 30.3 Å². The Labute approximate surface area is 80.8 Å². The average molecular weight is 193 g/mol. The standard InChI is InChI=1S/C9H12.2ClH/c1-2-6-9-7-4-3-5-8-9;;/h3-5,7-8H,2,6H2,1H3;2*1H. The van der Waals surface area contributed by atoms with E-state index in [4.69, 9.17) is 0 Å². The highest BCUT2D eigenvalue weighted by Gasteiger charge is 1.84.